The van der Waals surface area contributed by atoms with Gasteiger partial charge in [0.15, 0.2) is 9.84 Å². The lowest BCUT2D eigenvalue weighted by Crippen LogP contribution is -2.44. The van der Waals surface area contributed by atoms with E-state index in [9.17, 15) is 13.2 Å². The van der Waals surface area contributed by atoms with E-state index in [4.69, 9.17) is 4.42 Å². The summed E-state index contributed by atoms with van der Waals surface area (Å²) in [5.74, 6) is 0.462. The zero-order chi connectivity index (χ0) is 17.3. The zero-order valence-corrected chi connectivity index (χ0v) is 14.9. The fraction of sp³-hybridized carbons (Fsp3) is 0.500. The average Bonchev–Trinajstić information content (AvgIpc) is 3.04. The number of fused-ring (bicyclic) bond motifs is 1. The predicted molar refractivity (Wildman–Crippen MR) is 93.7 cm³/mol. The number of hydrogen-bond acceptors (Lipinski definition) is 4. The molecular weight excluding hydrogens is 326 g/mol. The van der Waals surface area contributed by atoms with Crippen molar-refractivity contribution in [3.05, 3.63) is 36.1 Å². The summed E-state index contributed by atoms with van der Waals surface area (Å²) in [5.41, 5.74) is 0.778. The summed E-state index contributed by atoms with van der Waals surface area (Å²) in [7, 11) is -3.02. The number of furan rings is 1. The molecule has 1 aromatic heterocycles. The van der Waals surface area contributed by atoms with Crippen molar-refractivity contribution in [3.8, 4) is 0 Å². The number of rotatable bonds is 4. The van der Waals surface area contributed by atoms with E-state index in [-0.39, 0.29) is 22.8 Å². The van der Waals surface area contributed by atoms with E-state index in [1.807, 2.05) is 37.3 Å². The van der Waals surface area contributed by atoms with Crippen LogP contribution in [0.15, 0.2) is 34.7 Å². The number of amides is 1. The van der Waals surface area contributed by atoms with Crippen LogP contribution in [-0.4, -0.2) is 43.3 Å². The van der Waals surface area contributed by atoms with Gasteiger partial charge in [-0.25, -0.2) is 8.42 Å². The van der Waals surface area contributed by atoms with Gasteiger partial charge >= 0.3 is 0 Å². The van der Waals surface area contributed by atoms with Crippen LogP contribution in [0.3, 0.4) is 0 Å². The maximum Gasteiger partial charge on any atom is 0.233 e. The molecule has 0 bridgehead atoms. The molecular formula is C18H23NO4S. The third kappa shape index (κ3) is 3.20. The van der Waals surface area contributed by atoms with Crippen molar-refractivity contribution in [1.29, 1.82) is 0 Å². The van der Waals surface area contributed by atoms with Crippen LogP contribution in [0.4, 0.5) is 0 Å². The Morgan fingerprint density at radius 3 is 2.58 bits per heavy atom. The van der Waals surface area contributed by atoms with Crippen molar-refractivity contribution >= 4 is 26.7 Å². The molecule has 130 valence electrons. The fourth-order valence-corrected chi connectivity index (χ4v) is 4.68. The minimum absolute atomic E-state index is 0.00130. The van der Waals surface area contributed by atoms with Crippen molar-refractivity contribution < 1.29 is 17.6 Å². The molecule has 1 atom stereocenters. The minimum Gasteiger partial charge on any atom is -0.460 e. The van der Waals surface area contributed by atoms with Crippen LogP contribution in [-0.2, 0) is 14.6 Å². The highest BCUT2D eigenvalue weighted by atomic mass is 32.2. The summed E-state index contributed by atoms with van der Waals surface area (Å²) in [6, 6.07) is 9.60. The molecule has 24 heavy (non-hydrogen) atoms. The van der Waals surface area contributed by atoms with Crippen molar-refractivity contribution in [2.45, 2.75) is 37.9 Å². The van der Waals surface area contributed by atoms with Crippen LogP contribution in [0.25, 0.3) is 11.0 Å². The zero-order valence-electron chi connectivity index (χ0n) is 14.1. The van der Waals surface area contributed by atoms with E-state index >= 15 is 0 Å². The summed E-state index contributed by atoms with van der Waals surface area (Å²) in [6.07, 6.45) is 1.05. The third-order valence-electron chi connectivity index (χ3n) is 4.91. The molecule has 3 rings (SSSR count). The SMILES string of the molecule is CCS(=O)(=O)C1CCN(C(=O)[C@H](C)c2cc3ccccc3o2)CC1. The Bertz CT molecular complexity index is 799. The highest BCUT2D eigenvalue weighted by Crippen LogP contribution is 2.28. The molecule has 5 nitrogen and oxygen atoms in total. The molecule has 1 aliphatic heterocycles. The van der Waals surface area contributed by atoms with E-state index in [1.165, 1.54) is 0 Å². The number of nitrogens with zero attached hydrogens (tertiary/aromatic N) is 1. The number of hydrogen-bond donors (Lipinski definition) is 0. The van der Waals surface area contributed by atoms with E-state index in [2.05, 4.69) is 0 Å². The standard InChI is InChI=1S/C18H23NO4S/c1-3-24(21,22)15-8-10-19(11-9-15)18(20)13(2)17-12-14-6-4-5-7-16(14)23-17/h4-7,12-13,15H,3,8-11H2,1-2H3/t13-/m1/s1. The third-order valence-corrected chi connectivity index (χ3v) is 7.20. The summed E-state index contributed by atoms with van der Waals surface area (Å²) in [6.45, 7) is 4.51. The van der Waals surface area contributed by atoms with Gasteiger partial charge in [0, 0.05) is 24.2 Å². The second-order valence-electron chi connectivity index (χ2n) is 6.38. The van der Waals surface area contributed by atoms with E-state index in [0.717, 1.165) is 11.0 Å². The van der Waals surface area contributed by atoms with Crippen LogP contribution in [0.2, 0.25) is 0 Å². The highest BCUT2D eigenvalue weighted by Gasteiger charge is 2.32. The van der Waals surface area contributed by atoms with Crippen molar-refractivity contribution in [3.63, 3.8) is 0 Å². The molecule has 1 aliphatic rings. The van der Waals surface area contributed by atoms with Crippen molar-refractivity contribution in [2.24, 2.45) is 0 Å². The minimum atomic E-state index is -3.02. The van der Waals surface area contributed by atoms with Gasteiger partial charge in [0.2, 0.25) is 5.91 Å². The lowest BCUT2D eigenvalue weighted by atomic mass is 10.0. The normalized spacial score (nSPS) is 18.0. The Labute approximate surface area is 142 Å². The van der Waals surface area contributed by atoms with Crippen LogP contribution >= 0.6 is 0 Å². The number of benzene rings is 1. The Kier molecular flexibility index (Phi) is 4.67. The van der Waals surface area contributed by atoms with E-state index < -0.39 is 9.84 Å². The molecule has 1 fully saturated rings. The van der Waals surface area contributed by atoms with Gasteiger partial charge in [-0.1, -0.05) is 25.1 Å². The molecule has 1 aromatic carbocycles. The largest absolute Gasteiger partial charge is 0.460 e. The number of carbonyl (C=O) groups excluding carboxylic acids is 1. The van der Waals surface area contributed by atoms with Gasteiger partial charge in [0.1, 0.15) is 11.3 Å². The summed E-state index contributed by atoms with van der Waals surface area (Å²) < 4.78 is 29.7. The molecule has 0 unspecified atom stereocenters. The van der Waals surface area contributed by atoms with Gasteiger partial charge < -0.3 is 9.32 Å². The summed E-state index contributed by atoms with van der Waals surface area (Å²) in [4.78, 5) is 14.5. The number of para-hydroxylation sites is 1. The first-order valence-corrected chi connectivity index (χ1v) is 10.1. The molecule has 1 amide bonds. The Balaban J connectivity index is 1.68. The van der Waals surface area contributed by atoms with Crippen molar-refractivity contribution in [1.82, 2.24) is 4.90 Å². The number of likely N-dealkylation sites (tertiary alicyclic amines) is 1. The maximum atomic E-state index is 12.7. The van der Waals surface area contributed by atoms with Crippen LogP contribution < -0.4 is 0 Å². The maximum absolute atomic E-state index is 12.7. The van der Waals surface area contributed by atoms with E-state index in [0.29, 0.717) is 31.7 Å². The van der Waals surface area contributed by atoms with Crippen LogP contribution in [0.5, 0.6) is 0 Å². The van der Waals surface area contributed by atoms with Gasteiger partial charge in [0.05, 0.1) is 11.2 Å². The quantitative estimate of drug-likeness (QED) is 0.851. The second kappa shape index (κ2) is 6.59. The molecule has 1 saturated heterocycles. The second-order valence-corrected chi connectivity index (χ2v) is 8.95. The number of piperidine rings is 1. The smallest absolute Gasteiger partial charge is 0.233 e. The lowest BCUT2D eigenvalue weighted by molar-refractivity contribution is -0.133. The Morgan fingerprint density at radius 2 is 1.96 bits per heavy atom. The molecule has 0 N–H and O–H groups in total. The van der Waals surface area contributed by atoms with Crippen LogP contribution in [0, 0.1) is 0 Å². The van der Waals surface area contributed by atoms with Gasteiger partial charge in [-0.15, -0.1) is 0 Å². The monoisotopic (exact) mass is 349 g/mol. The first-order chi connectivity index (χ1) is 11.4. The van der Waals surface area contributed by atoms with Gasteiger partial charge in [-0.05, 0) is 31.9 Å². The molecule has 6 heteroatoms. The fourth-order valence-electron chi connectivity index (χ4n) is 3.28. The van der Waals surface area contributed by atoms with Crippen molar-refractivity contribution in [2.75, 3.05) is 18.8 Å². The molecule has 0 spiro atoms. The average molecular weight is 349 g/mol. The summed E-state index contributed by atoms with van der Waals surface area (Å²) in [5, 5.41) is 0.674. The first-order valence-electron chi connectivity index (χ1n) is 8.41. The highest BCUT2D eigenvalue weighted by molar-refractivity contribution is 7.92. The summed E-state index contributed by atoms with van der Waals surface area (Å²) >= 11 is 0. The van der Waals surface area contributed by atoms with Gasteiger partial charge in [-0.2, -0.15) is 0 Å². The topological polar surface area (TPSA) is 67.6 Å². The predicted octanol–water partition coefficient (Wildman–Crippen LogP) is 2.96. The Hall–Kier alpha value is -1.82. The Morgan fingerprint density at radius 1 is 1.29 bits per heavy atom. The molecule has 0 saturated carbocycles. The molecule has 0 aliphatic carbocycles. The molecule has 0 radical (unpaired) electrons. The van der Waals surface area contributed by atoms with Gasteiger partial charge in [-0.3, -0.25) is 4.79 Å². The molecule has 2 aromatic rings. The van der Waals surface area contributed by atoms with Crippen LogP contribution in [0.1, 0.15) is 38.4 Å². The lowest BCUT2D eigenvalue weighted by Gasteiger charge is -2.32. The van der Waals surface area contributed by atoms with E-state index in [1.54, 1.807) is 11.8 Å². The number of carbonyl (C=O) groups is 1. The number of sulfone groups is 1. The van der Waals surface area contributed by atoms with Gasteiger partial charge in [0.25, 0.3) is 0 Å². The first kappa shape index (κ1) is 17.0. The molecule has 2 heterocycles.